The molecule has 1 heterocycles. The van der Waals surface area contributed by atoms with Gasteiger partial charge in [-0.3, -0.25) is 14.6 Å². The van der Waals surface area contributed by atoms with Crippen molar-refractivity contribution in [2.75, 3.05) is 17.7 Å². The highest BCUT2D eigenvalue weighted by Gasteiger charge is 2.12. The zero-order valence-corrected chi connectivity index (χ0v) is 15.7. The summed E-state index contributed by atoms with van der Waals surface area (Å²) in [6, 6.07) is 17.9. The number of hydrogen-bond acceptors (Lipinski definition) is 4. The number of rotatable bonds is 6. The number of carbonyl (C=O) groups is 2. The lowest BCUT2D eigenvalue weighted by Gasteiger charge is -2.11. The smallest absolute Gasteiger partial charge is 0.255 e. The summed E-state index contributed by atoms with van der Waals surface area (Å²) in [7, 11) is 1.56. The van der Waals surface area contributed by atoms with Crippen LogP contribution in [0.15, 0.2) is 66.9 Å². The molecule has 142 valence electrons. The third-order valence-corrected chi connectivity index (χ3v) is 4.18. The van der Waals surface area contributed by atoms with Crippen molar-refractivity contribution in [1.82, 2.24) is 4.98 Å². The fourth-order valence-corrected chi connectivity index (χ4v) is 2.70. The minimum Gasteiger partial charge on any atom is -0.495 e. The van der Waals surface area contributed by atoms with E-state index >= 15 is 0 Å². The fraction of sp³-hybridized carbons (Fsp3) is 0.136. The Hall–Kier alpha value is -3.67. The zero-order valence-electron chi connectivity index (χ0n) is 15.7. The Kier molecular flexibility index (Phi) is 6.01. The van der Waals surface area contributed by atoms with Crippen LogP contribution in [0.2, 0.25) is 0 Å². The van der Waals surface area contributed by atoms with Crippen LogP contribution in [0.25, 0.3) is 11.3 Å². The van der Waals surface area contributed by atoms with Crippen LogP contribution in [0, 0.1) is 0 Å². The lowest BCUT2D eigenvalue weighted by molar-refractivity contribution is -0.115. The molecule has 0 aliphatic heterocycles. The number of hydrogen-bond donors (Lipinski definition) is 2. The average molecular weight is 375 g/mol. The van der Waals surface area contributed by atoms with E-state index < -0.39 is 0 Å². The van der Waals surface area contributed by atoms with Gasteiger partial charge in [-0.05, 0) is 36.4 Å². The lowest BCUT2D eigenvalue weighted by Crippen LogP contribution is -2.12. The van der Waals surface area contributed by atoms with E-state index in [1.807, 2.05) is 12.1 Å². The van der Waals surface area contributed by atoms with Gasteiger partial charge < -0.3 is 15.4 Å². The molecule has 0 saturated heterocycles. The average Bonchev–Trinajstić information content (AvgIpc) is 2.74. The number of nitrogens with zero attached hydrogens (tertiary/aromatic N) is 1. The standard InChI is InChI=1S/C22H21N3O3/c1-3-20(26)24-18-8-6-14-23-21(18)15-10-12-16(13-11-15)22(27)25-17-7-4-5-9-19(17)28-2/h4-14H,3H2,1-2H3,(H,24,26)(H,25,27). The number of pyridine rings is 1. The molecule has 6 nitrogen and oxygen atoms in total. The van der Waals surface area contributed by atoms with Gasteiger partial charge in [-0.2, -0.15) is 0 Å². The number of ether oxygens (including phenoxy) is 1. The first-order chi connectivity index (χ1) is 13.6. The van der Waals surface area contributed by atoms with Gasteiger partial charge in [0.15, 0.2) is 0 Å². The molecular weight excluding hydrogens is 354 g/mol. The first-order valence-corrected chi connectivity index (χ1v) is 8.92. The molecule has 0 fully saturated rings. The summed E-state index contributed by atoms with van der Waals surface area (Å²) < 4.78 is 5.26. The van der Waals surface area contributed by atoms with E-state index in [4.69, 9.17) is 4.74 Å². The second-order valence-electron chi connectivity index (χ2n) is 6.03. The van der Waals surface area contributed by atoms with Crippen LogP contribution in [0.3, 0.4) is 0 Å². The quantitative estimate of drug-likeness (QED) is 0.671. The highest BCUT2D eigenvalue weighted by atomic mass is 16.5. The van der Waals surface area contributed by atoms with Crippen molar-refractivity contribution >= 4 is 23.2 Å². The maximum Gasteiger partial charge on any atom is 0.255 e. The Bertz CT molecular complexity index is 984. The molecule has 2 N–H and O–H groups in total. The summed E-state index contributed by atoms with van der Waals surface area (Å²) in [5.41, 5.74) is 3.21. The van der Waals surface area contributed by atoms with Gasteiger partial charge in [0, 0.05) is 23.7 Å². The van der Waals surface area contributed by atoms with Crippen molar-refractivity contribution in [3.05, 3.63) is 72.4 Å². The van der Waals surface area contributed by atoms with Gasteiger partial charge in [-0.1, -0.05) is 31.2 Å². The van der Waals surface area contributed by atoms with Gasteiger partial charge >= 0.3 is 0 Å². The summed E-state index contributed by atoms with van der Waals surface area (Å²) >= 11 is 0. The normalized spacial score (nSPS) is 10.2. The van der Waals surface area contributed by atoms with E-state index in [0.717, 1.165) is 5.56 Å². The van der Waals surface area contributed by atoms with Gasteiger partial charge in [0.25, 0.3) is 5.91 Å². The molecule has 3 aromatic rings. The number of carbonyl (C=O) groups excluding carboxylic acids is 2. The van der Waals surface area contributed by atoms with Crippen molar-refractivity contribution in [1.29, 1.82) is 0 Å². The van der Waals surface area contributed by atoms with Crippen LogP contribution in [0.5, 0.6) is 5.75 Å². The third-order valence-electron chi connectivity index (χ3n) is 4.18. The first kappa shape index (κ1) is 19.1. The zero-order chi connectivity index (χ0) is 19.9. The molecule has 0 aliphatic carbocycles. The Balaban J connectivity index is 1.80. The van der Waals surface area contributed by atoms with Crippen molar-refractivity contribution in [2.24, 2.45) is 0 Å². The largest absolute Gasteiger partial charge is 0.495 e. The number of aromatic nitrogens is 1. The molecule has 0 saturated carbocycles. The number of nitrogens with one attached hydrogen (secondary N) is 2. The minimum atomic E-state index is -0.239. The van der Waals surface area contributed by atoms with Gasteiger partial charge in [-0.25, -0.2) is 0 Å². The van der Waals surface area contributed by atoms with Crippen molar-refractivity contribution in [3.63, 3.8) is 0 Å². The molecule has 6 heteroatoms. The molecule has 0 radical (unpaired) electrons. The van der Waals surface area contributed by atoms with Crippen LogP contribution in [0.4, 0.5) is 11.4 Å². The number of methoxy groups -OCH3 is 1. The van der Waals surface area contributed by atoms with E-state index in [9.17, 15) is 9.59 Å². The van der Waals surface area contributed by atoms with E-state index in [2.05, 4.69) is 15.6 Å². The van der Waals surface area contributed by atoms with Crippen LogP contribution in [-0.2, 0) is 4.79 Å². The summed E-state index contributed by atoms with van der Waals surface area (Å²) in [6.07, 6.45) is 2.05. The van der Waals surface area contributed by atoms with E-state index in [1.165, 1.54) is 0 Å². The molecule has 2 aromatic carbocycles. The van der Waals surface area contributed by atoms with E-state index in [0.29, 0.717) is 34.8 Å². The van der Waals surface area contributed by atoms with Gasteiger partial charge in [0.05, 0.1) is 24.2 Å². The maximum absolute atomic E-state index is 12.5. The topological polar surface area (TPSA) is 80.3 Å². The molecule has 28 heavy (non-hydrogen) atoms. The second kappa shape index (κ2) is 8.81. The maximum atomic E-state index is 12.5. The van der Waals surface area contributed by atoms with Crippen molar-refractivity contribution < 1.29 is 14.3 Å². The second-order valence-corrected chi connectivity index (χ2v) is 6.03. The predicted molar refractivity (Wildman–Crippen MR) is 110 cm³/mol. The highest BCUT2D eigenvalue weighted by molar-refractivity contribution is 6.05. The number of para-hydroxylation sites is 2. The number of amides is 2. The molecular formula is C22H21N3O3. The van der Waals surface area contributed by atoms with Crippen LogP contribution in [0.1, 0.15) is 23.7 Å². The minimum absolute atomic E-state index is 0.0814. The molecule has 0 bridgehead atoms. The SMILES string of the molecule is CCC(=O)Nc1cccnc1-c1ccc(C(=O)Nc2ccccc2OC)cc1. The van der Waals surface area contributed by atoms with Gasteiger partial charge in [0.2, 0.25) is 5.91 Å². The molecule has 2 amide bonds. The summed E-state index contributed by atoms with van der Waals surface area (Å²) in [5.74, 6) is 0.274. The predicted octanol–water partition coefficient (Wildman–Crippen LogP) is 4.36. The molecule has 0 atom stereocenters. The summed E-state index contributed by atoms with van der Waals surface area (Å²) in [5, 5.41) is 5.69. The van der Waals surface area contributed by atoms with Crippen molar-refractivity contribution in [3.8, 4) is 17.0 Å². The summed E-state index contributed by atoms with van der Waals surface area (Å²) in [4.78, 5) is 28.6. The number of benzene rings is 2. The molecule has 0 spiro atoms. The molecule has 3 rings (SSSR count). The number of anilines is 2. The fourth-order valence-electron chi connectivity index (χ4n) is 2.70. The van der Waals surface area contributed by atoms with Crippen LogP contribution >= 0.6 is 0 Å². The van der Waals surface area contributed by atoms with Gasteiger partial charge in [-0.15, -0.1) is 0 Å². The molecule has 1 aromatic heterocycles. The van der Waals surface area contributed by atoms with Crippen LogP contribution < -0.4 is 15.4 Å². The van der Waals surface area contributed by atoms with Gasteiger partial charge in [0.1, 0.15) is 5.75 Å². The Morgan fingerprint density at radius 1 is 0.929 bits per heavy atom. The Morgan fingerprint density at radius 2 is 1.64 bits per heavy atom. The van der Waals surface area contributed by atoms with Crippen LogP contribution in [-0.4, -0.2) is 23.9 Å². The van der Waals surface area contributed by atoms with E-state index in [-0.39, 0.29) is 11.8 Å². The molecule has 0 aliphatic rings. The highest BCUT2D eigenvalue weighted by Crippen LogP contribution is 2.27. The van der Waals surface area contributed by atoms with Crippen molar-refractivity contribution in [2.45, 2.75) is 13.3 Å². The third kappa shape index (κ3) is 4.35. The monoisotopic (exact) mass is 375 g/mol. The Labute approximate surface area is 163 Å². The first-order valence-electron chi connectivity index (χ1n) is 8.92. The van der Waals surface area contributed by atoms with E-state index in [1.54, 1.807) is 68.8 Å². The summed E-state index contributed by atoms with van der Waals surface area (Å²) in [6.45, 7) is 1.79. The Morgan fingerprint density at radius 3 is 2.36 bits per heavy atom. The lowest BCUT2D eigenvalue weighted by atomic mass is 10.1. The molecule has 0 unspecified atom stereocenters.